The third-order valence-electron chi connectivity index (χ3n) is 3.28. The summed E-state index contributed by atoms with van der Waals surface area (Å²) >= 11 is 1.37. The number of hydrogen-bond donors (Lipinski definition) is 2. The van der Waals surface area contributed by atoms with Crippen molar-refractivity contribution in [1.82, 2.24) is 4.98 Å². The van der Waals surface area contributed by atoms with Gasteiger partial charge in [-0.05, 0) is 31.0 Å². The smallest absolute Gasteiger partial charge is 0.257 e. The average molecular weight is 319 g/mol. The second kappa shape index (κ2) is 5.84. The van der Waals surface area contributed by atoms with E-state index in [1.54, 1.807) is 0 Å². The molecular weight excluding hydrogens is 305 g/mol. The zero-order valence-electron chi connectivity index (χ0n) is 11.9. The Morgan fingerprint density at radius 2 is 2.09 bits per heavy atom. The van der Waals surface area contributed by atoms with Crippen LogP contribution in [0.5, 0.6) is 0 Å². The van der Waals surface area contributed by atoms with Crippen LogP contribution in [-0.2, 0) is 4.79 Å². The van der Waals surface area contributed by atoms with Crippen LogP contribution in [0.2, 0.25) is 0 Å². The van der Waals surface area contributed by atoms with Crippen molar-refractivity contribution in [3.63, 3.8) is 0 Å². The lowest BCUT2D eigenvalue weighted by Crippen LogP contribution is -2.14. The van der Waals surface area contributed by atoms with Crippen molar-refractivity contribution in [2.75, 3.05) is 10.6 Å². The molecule has 2 N–H and O–H groups in total. The molecule has 0 saturated heterocycles. The molecule has 1 aromatic carbocycles. The van der Waals surface area contributed by atoms with Gasteiger partial charge in [-0.3, -0.25) is 14.9 Å². The first-order valence-electron chi connectivity index (χ1n) is 6.87. The van der Waals surface area contributed by atoms with E-state index < -0.39 is 11.7 Å². The molecular formula is C15H14FN3O2S. The van der Waals surface area contributed by atoms with Crippen LogP contribution in [0.4, 0.5) is 15.2 Å². The molecule has 1 heterocycles. The molecule has 1 aliphatic carbocycles. The molecule has 0 atom stereocenters. The van der Waals surface area contributed by atoms with Crippen molar-refractivity contribution >= 4 is 34.0 Å². The van der Waals surface area contributed by atoms with Crippen molar-refractivity contribution in [3.8, 4) is 0 Å². The van der Waals surface area contributed by atoms with Crippen LogP contribution in [0.25, 0.3) is 0 Å². The van der Waals surface area contributed by atoms with Crippen LogP contribution in [-0.4, -0.2) is 16.8 Å². The summed E-state index contributed by atoms with van der Waals surface area (Å²) in [6, 6.07) is 3.82. The first kappa shape index (κ1) is 14.6. The predicted octanol–water partition coefficient (Wildman–Crippen LogP) is 3.37. The highest BCUT2D eigenvalue weighted by Crippen LogP contribution is 2.40. The first-order valence-corrected chi connectivity index (χ1v) is 7.75. The Bertz CT molecular complexity index is 740. The molecule has 1 fully saturated rings. The first-order chi connectivity index (χ1) is 10.5. The van der Waals surface area contributed by atoms with E-state index in [9.17, 15) is 14.0 Å². The highest BCUT2D eigenvalue weighted by atomic mass is 32.1. The maximum absolute atomic E-state index is 13.6. The van der Waals surface area contributed by atoms with Gasteiger partial charge in [0, 0.05) is 23.8 Å². The monoisotopic (exact) mass is 319 g/mol. The average Bonchev–Trinajstić information content (AvgIpc) is 3.21. The maximum atomic E-state index is 13.6. The van der Waals surface area contributed by atoms with E-state index >= 15 is 0 Å². The van der Waals surface area contributed by atoms with Crippen molar-refractivity contribution in [1.29, 1.82) is 0 Å². The van der Waals surface area contributed by atoms with Gasteiger partial charge in [-0.1, -0.05) is 0 Å². The summed E-state index contributed by atoms with van der Waals surface area (Å²) in [6.45, 7) is 1.28. The van der Waals surface area contributed by atoms with E-state index in [-0.39, 0.29) is 17.2 Å². The van der Waals surface area contributed by atoms with Crippen molar-refractivity contribution in [2.24, 2.45) is 0 Å². The van der Waals surface area contributed by atoms with Gasteiger partial charge < -0.3 is 5.32 Å². The lowest BCUT2D eigenvalue weighted by Gasteiger charge is -2.07. The summed E-state index contributed by atoms with van der Waals surface area (Å²) in [5, 5.41) is 7.52. The number of carbonyl (C=O) groups excluding carboxylic acids is 2. The fourth-order valence-corrected chi connectivity index (χ4v) is 2.82. The molecule has 1 aromatic heterocycles. The second-order valence-corrected chi connectivity index (χ2v) is 6.04. The van der Waals surface area contributed by atoms with Crippen LogP contribution in [0, 0.1) is 5.82 Å². The Labute approximate surface area is 130 Å². The van der Waals surface area contributed by atoms with Gasteiger partial charge >= 0.3 is 0 Å². The van der Waals surface area contributed by atoms with Gasteiger partial charge in [0.2, 0.25) is 5.91 Å². The zero-order valence-corrected chi connectivity index (χ0v) is 12.7. The Morgan fingerprint density at radius 1 is 1.32 bits per heavy atom. The fourth-order valence-electron chi connectivity index (χ4n) is 2.03. The molecule has 3 rings (SSSR count). The van der Waals surface area contributed by atoms with Gasteiger partial charge in [-0.15, -0.1) is 11.3 Å². The number of halogens is 1. The zero-order chi connectivity index (χ0) is 15.7. The number of anilines is 2. The molecule has 0 unspecified atom stereocenters. The molecule has 0 spiro atoms. The molecule has 0 radical (unpaired) electrons. The van der Waals surface area contributed by atoms with Crippen LogP contribution >= 0.6 is 11.3 Å². The normalized spacial score (nSPS) is 13.7. The van der Waals surface area contributed by atoms with Crippen molar-refractivity contribution in [2.45, 2.75) is 25.7 Å². The third-order valence-corrected chi connectivity index (χ3v) is 4.05. The van der Waals surface area contributed by atoms with Gasteiger partial charge in [0.1, 0.15) is 5.82 Å². The van der Waals surface area contributed by atoms with Gasteiger partial charge in [0.15, 0.2) is 5.13 Å². The lowest BCUT2D eigenvalue weighted by molar-refractivity contribution is -0.114. The number of thiazole rings is 1. The Hall–Kier alpha value is -2.28. The van der Waals surface area contributed by atoms with Crippen LogP contribution < -0.4 is 10.6 Å². The molecule has 0 aliphatic heterocycles. The minimum absolute atomic E-state index is 0.0158. The lowest BCUT2D eigenvalue weighted by atomic mass is 10.2. The number of hydrogen-bond acceptors (Lipinski definition) is 4. The van der Waals surface area contributed by atoms with Crippen molar-refractivity contribution < 1.29 is 14.0 Å². The summed E-state index contributed by atoms with van der Waals surface area (Å²) in [5.41, 5.74) is 1.25. The van der Waals surface area contributed by atoms with Crippen LogP contribution in [0.15, 0.2) is 23.6 Å². The molecule has 7 heteroatoms. The van der Waals surface area contributed by atoms with Gasteiger partial charge in [0.25, 0.3) is 5.91 Å². The largest absolute Gasteiger partial charge is 0.324 e. The summed E-state index contributed by atoms with van der Waals surface area (Å²) in [4.78, 5) is 27.6. The number of nitrogens with one attached hydrogen (secondary N) is 2. The number of benzene rings is 1. The summed E-state index contributed by atoms with van der Waals surface area (Å²) in [6.07, 6.45) is 2.30. The molecule has 0 bridgehead atoms. The van der Waals surface area contributed by atoms with Gasteiger partial charge in [-0.25, -0.2) is 9.37 Å². The van der Waals surface area contributed by atoms with E-state index in [0.29, 0.717) is 11.0 Å². The number of aromatic nitrogens is 1. The van der Waals surface area contributed by atoms with Gasteiger partial charge in [-0.2, -0.15) is 0 Å². The van der Waals surface area contributed by atoms with Crippen molar-refractivity contribution in [3.05, 3.63) is 40.7 Å². The highest BCUT2D eigenvalue weighted by Gasteiger charge is 2.26. The van der Waals surface area contributed by atoms with E-state index in [0.717, 1.165) is 24.6 Å². The molecule has 114 valence electrons. The number of nitrogens with zero attached hydrogens (tertiary/aromatic N) is 1. The predicted molar refractivity (Wildman–Crippen MR) is 82.7 cm³/mol. The highest BCUT2D eigenvalue weighted by molar-refractivity contribution is 7.14. The fraction of sp³-hybridized carbons (Fsp3) is 0.267. The Balaban J connectivity index is 1.74. The van der Waals surface area contributed by atoms with E-state index in [2.05, 4.69) is 15.6 Å². The van der Waals surface area contributed by atoms with Crippen LogP contribution in [0.1, 0.15) is 41.7 Å². The topological polar surface area (TPSA) is 71.1 Å². The number of rotatable bonds is 4. The summed E-state index contributed by atoms with van der Waals surface area (Å²) in [5.74, 6) is -0.843. The third kappa shape index (κ3) is 3.30. The number of carbonyl (C=O) groups is 2. The quantitative estimate of drug-likeness (QED) is 0.907. The molecule has 5 nitrogen and oxygen atoms in total. The van der Waals surface area contributed by atoms with Crippen LogP contribution in [0.3, 0.4) is 0 Å². The molecule has 22 heavy (non-hydrogen) atoms. The second-order valence-electron chi connectivity index (χ2n) is 5.18. The Morgan fingerprint density at radius 3 is 2.77 bits per heavy atom. The van der Waals surface area contributed by atoms with Gasteiger partial charge in [0.05, 0.1) is 11.4 Å². The maximum Gasteiger partial charge on any atom is 0.257 e. The van der Waals surface area contributed by atoms with E-state index in [1.807, 2.05) is 5.38 Å². The minimum atomic E-state index is -0.586. The molecule has 2 aromatic rings. The molecule has 1 saturated carbocycles. The SMILES string of the molecule is CC(=O)Nc1cc(C(=O)Nc2nc(C3CC3)cs2)ccc1F. The standard InChI is InChI=1S/C15H14FN3O2S/c1-8(20)17-12-6-10(4-5-11(12)16)14(21)19-15-18-13(7-22-15)9-2-3-9/h4-7,9H,2-3H2,1H3,(H,17,20)(H,18,19,21). The number of amides is 2. The van der Waals surface area contributed by atoms with E-state index in [1.165, 1.54) is 30.4 Å². The Kier molecular flexibility index (Phi) is 3.89. The summed E-state index contributed by atoms with van der Waals surface area (Å²) in [7, 11) is 0. The van der Waals surface area contributed by atoms with E-state index in [4.69, 9.17) is 0 Å². The molecule has 2 amide bonds. The minimum Gasteiger partial charge on any atom is -0.324 e. The molecule has 1 aliphatic rings. The summed E-state index contributed by atoms with van der Waals surface area (Å²) < 4.78 is 13.6.